The Balaban J connectivity index is 1.50. The molecule has 1 aliphatic rings. The fourth-order valence-corrected chi connectivity index (χ4v) is 4.99. The Labute approximate surface area is 196 Å². The van der Waals surface area contributed by atoms with Crippen LogP contribution < -0.4 is 10.2 Å². The van der Waals surface area contributed by atoms with Crippen LogP contribution in [0.15, 0.2) is 12.3 Å². The van der Waals surface area contributed by atoms with Gasteiger partial charge in [0.15, 0.2) is 5.13 Å². The number of ether oxygens (including phenoxy) is 1. The van der Waals surface area contributed by atoms with Crippen molar-refractivity contribution in [1.29, 1.82) is 0 Å². The standard InChI is InChI=1S/C19H20Cl2N6O4S/c1-8-12(20)13(21)15(23-8)17(28)24-9-4-6-27(7-11(9)31-2)19-25-14(10-3-5-22-26-10)16(32-19)18(29)30/h3,5,9,11,23H,4,6-7H2,1-2H3,(H,22,26)(H,24,28)(H,29,30)/t9-,11+/m1/s1. The molecule has 10 nitrogen and oxygen atoms in total. The van der Waals surface area contributed by atoms with Crippen molar-refractivity contribution in [2.45, 2.75) is 25.5 Å². The number of methoxy groups -OCH3 is 1. The van der Waals surface area contributed by atoms with E-state index in [0.29, 0.717) is 46.7 Å². The molecule has 0 bridgehead atoms. The number of H-pyrrole nitrogens is 2. The average molecular weight is 499 g/mol. The molecule has 0 radical (unpaired) electrons. The molecule has 32 heavy (non-hydrogen) atoms. The van der Waals surface area contributed by atoms with E-state index in [-0.39, 0.29) is 33.6 Å². The molecule has 4 N–H and O–H groups in total. The van der Waals surface area contributed by atoms with Gasteiger partial charge >= 0.3 is 5.97 Å². The predicted octanol–water partition coefficient (Wildman–Crippen LogP) is 3.20. The Kier molecular flexibility index (Phi) is 6.42. The van der Waals surface area contributed by atoms with Crippen LogP contribution in [-0.4, -0.2) is 69.5 Å². The molecular formula is C19H20Cl2N6O4S. The number of aromatic amines is 2. The molecule has 3 aromatic rings. The topological polar surface area (TPSA) is 136 Å². The average Bonchev–Trinajstić information content (AvgIpc) is 3.50. The lowest BCUT2D eigenvalue weighted by Gasteiger charge is -2.37. The van der Waals surface area contributed by atoms with Gasteiger partial charge in [0.1, 0.15) is 16.3 Å². The van der Waals surface area contributed by atoms with Gasteiger partial charge in [0.2, 0.25) is 0 Å². The van der Waals surface area contributed by atoms with E-state index in [0.717, 1.165) is 11.3 Å². The van der Waals surface area contributed by atoms with Crippen molar-refractivity contribution in [3.05, 3.63) is 38.6 Å². The van der Waals surface area contributed by atoms with Crippen LogP contribution in [0, 0.1) is 6.92 Å². The van der Waals surface area contributed by atoms with Gasteiger partial charge in [0, 0.05) is 32.1 Å². The molecule has 4 heterocycles. The van der Waals surface area contributed by atoms with Crippen molar-refractivity contribution in [3.8, 4) is 11.4 Å². The third-order valence-electron chi connectivity index (χ3n) is 5.30. The van der Waals surface area contributed by atoms with Crippen molar-refractivity contribution in [2.24, 2.45) is 0 Å². The lowest BCUT2D eigenvalue weighted by molar-refractivity contribution is 0.0540. The summed E-state index contributed by atoms with van der Waals surface area (Å²) in [6, 6.07) is 1.40. The highest BCUT2D eigenvalue weighted by molar-refractivity contribution is 7.17. The Morgan fingerprint density at radius 2 is 2.16 bits per heavy atom. The van der Waals surface area contributed by atoms with Gasteiger partial charge in [0.05, 0.1) is 27.9 Å². The number of anilines is 1. The molecule has 1 amide bonds. The smallest absolute Gasteiger partial charge is 0.348 e. The van der Waals surface area contributed by atoms with Gasteiger partial charge in [-0.15, -0.1) is 0 Å². The molecule has 1 aliphatic heterocycles. The number of rotatable bonds is 6. The van der Waals surface area contributed by atoms with Gasteiger partial charge in [0.25, 0.3) is 5.91 Å². The van der Waals surface area contributed by atoms with Crippen LogP contribution in [0.25, 0.3) is 11.4 Å². The van der Waals surface area contributed by atoms with Gasteiger partial charge in [-0.25, -0.2) is 9.78 Å². The maximum absolute atomic E-state index is 12.7. The molecular weight excluding hydrogens is 479 g/mol. The van der Waals surface area contributed by atoms with E-state index in [1.54, 1.807) is 26.3 Å². The van der Waals surface area contributed by atoms with Crippen molar-refractivity contribution in [2.75, 3.05) is 25.1 Å². The SMILES string of the molecule is CO[C@H]1CN(c2nc(-c3ccn[nH]3)c(C(=O)O)s2)CC[C@H]1NC(=O)c1[nH]c(C)c(Cl)c1Cl. The molecule has 0 aliphatic carbocycles. The number of hydrogen-bond donors (Lipinski definition) is 4. The molecule has 4 rings (SSSR count). The number of carboxylic acids is 1. The van der Waals surface area contributed by atoms with Gasteiger partial charge < -0.3 is 25.0 Å². The van der Waals surface area contributed by atoms with Crippen LogP contribution in [-0.2, 0) is 4.74 Å². The largest absolute Gasteiger partial charge is 0.477 e. The second-order valence-electron chi connectivity index (χ2n) is 7.29. The zero-order chi connectivity index (χ0) is 23.0. The summed E-state index contributed by atoms with van der Waals surface area (Å²) in [7, 11) is 1.57. The van der Waals surface area contributed by atoms with Gasteiger partial charge in [-0.05, 0) is 19.4 Å². The minimum atomic E-state index is -1.06. The van der Waals surface area contributed by atoms with E-state index in [2.05, 4.69) is 25.5 Å². The maximum Gasteiger partial charge on any atom is 0.348 e. The second-order valence-corrected chi connectivity index (χ2v) is 9.02. The molecule has 3 aromatic heterocycles. The Hall–Kier alpha value is -2.60. The first-order valence-corrected chi connectivity index (χ1v) is 11.2. The quantitative estimate of drug-likeness (QED) is 0.409. The van der Waals surface area contributed by atoms with Crippen LogP contribution >= 0.6 is 34.5 Å². The molecule has 13 heteroatoms. The number of hydrogen-bond acceptors (Lipinski definition) is 7. The van der Waals surface area contributed by atoms with Crippen LogP contribution in [0.3, 0.4) is 0 Å². The van der Waals surface area contributed by atoms with Gasteiger partial charge in [-0.3, -0.25) is 9.89 Å². The molecule has 170 valence electrons. The van der Waals surface area contributed by atoms with Crippen molar-refractivity contribution >= 4 is 51.5 Å². The lowest BCUT2D eigenvalue weighted by atomic mass is 10.0. The zero-order valence-electron chi connectivity index (χ0n) is 17.1. The first-order chi connectivity index (χ1) is 15.3. The maximum atomic E-state index is 12.7. The fraction of sp³-hybridized carbons (Fsp3) is 0.368. The van der Waals surface area contributed by atoms with Crippen LogP contribution in [0.1, 0.15) is 32.3 Å². The third-order valence-corrected chi connectivity index (χ3v) is 7.35. The van der Waals surface area contributed by atoms with E-state index < -0.39 is 5.97 Å². The minimum absolute atomic E-state index is 0.127. The molecule has 1 saturated heterocycles. The first-order valence-electron chi connectivity index (χ1n) is 9.66. The number of piperidine rings is 1. The van der Waals surface area contributed by atoms with E-state index in [9.17, 15) is 14.7 Å². The third kappa shape index (κ3) is 4.20. The van der Waals surface area contributed by atoms with Crippen LogP contribution in [0.2, 0.25) is 10.0 Å². The highest BCUT2D eigenvalue weighted by Gasteiger charge is 2.34. The molecule has 0 aromatic carbocycles. The van der Waals surface area contributed by atoms with Crippen molar-refractivity contribution < 1.29 is 19.4 Å². The summed E-state index contributed by atoms with van der Waals surface area (Å²) >= 11 is 13.3. The number of aryl methyl sites for hydroxylation is 1. The number of carbonyl (C=O) groups is 2. The number of amides is 1. The highest BCUT2D eigenvalue weighted by Crippen LogP contribution is 2.34. The number of carbonyl (C=O) groups excluding carboxylic acids is 1. The fourth-order valence-electron chi connectivity index (χ4n) is 3.62. The molecule has 0 unspecified atom stereocenters. The van der Waals surface area contributed by atoms with E-state index in [1.807, 2.05) is 4.90 Å². The number of halogens is 2. The summed E-state index contributed by atoms with van der Waals surface area (Å²) < 4.78 is 5.63. The molecule has 1 fully saturated rings. The summed E-state index contributed by atoms with van der Waals surface area (Å²) in [5, 5.41) is 20.2. The monoisotopic (exact) mass is 498 g/mol. The molecule has 2 atom stereocenters. The minimum Gasteiger partial charge on any atom is -0.477 e. The molecule has 0 saturated carbocycles. The summed E-state index contributed by atoms with van der Waals surface area (Å²) in [5.74, 6) is -1.42. The van der Waals surface area contributed by atoms with E-state index >= 15 is 0 Å². The van der Waals surface area contributed by atoms with Gasteiger partial charge in [-0.2, -0.15) is 5.10 Å². The summed E-state index contributed by atoms with van der Waals surface area (Å²) in [6.45, 7) is 2.71. The zero-order valence-corrected chi connectivity index (χ0v) is 19.4. The lowest BCUT2D eigenvalue weighted by Crippen LogP contribution is -2.55. The summed E-state index contributed by atoms with van der Waals surface area (Å²) in [4.78, 5) is 34.0. The predicted molar refractivity (Wildman–Crippen MR) is 121 cm³/mol. The number of carboxylic acid groups (broad SMARTS) is 1. The van der Waals surface area contributed by atoms with Gasteiger partial charge in [-0.1, -0.05) is 34.5 Å². The van der Waals surface area contributed by atoms with Crippen LogP contribution in [0.4, 0.5) is 5.13 Å². The Morgan fingerprint density at radius 3 is 2.75 bits per heavy atom. The Bertz CT molecular complexity index is 1150. The van der Waals surface area contributed by atoms with E-state index in [1.165, 1.54) is 0 Å². The number of nitrogens with zero attached hydrogens (tertiary/aromatic N) is 3. The Morgan fingerprint density at radius 1 is 1.38 bits per heavy atom. The van der Waals surface area contributed by atoms with Crippen LogP contribution in [0.5, 0.6) is 0 Å². The number of aromatic carboxylic acids is 1. The number of aromatic nitrogens is 4. The second kappa shape index (κ2) is 9.10. The molecule has 0 spiro atoms. The van der Waals surface area contributed by atoms with Crippen molar-refractivity contribution in [3.63, 3.8) is 0 Å². The van der Waals surface area contributed by atoms with Crippen molar-refractivity contribution in [1.82, 2.24) is 25.5 Å². The first kappa shape index (κ1) is 22.6. The summed E-state index contributed by atoms with van der Waals surface area (Å²) in [5.41, 5.74) is 1.70. The number of thiazole rings is 1. The highest BCUT2D eigenvalue weighted by atomic mass is 35.5. The van der Waals surface area contributed by atoms with E-state index in [4.69, 9.17) is 27.9 Å². The number of nitrogens with one attached hydrogen (secondary N) is 3. The summed E-state index contributed by atoms with van der Waals surface area (Å²) in [6.07, 6.45) is 1.77. The normalized spacial score (nSPS) is 18.7.